The summed E-state index contributed by atoms with van der Waals surface area (Å²) in [4.78, 5) is 27.9. The lowest BCUT2D eigenvalue weighted by Crippen LogP contribution is -2.30. The molecule has 2 aromatic rings. The van der Waals surface area contributed by atoms with Crippen LogP contribution in [-0.2, 0) is 4.74 Å². The minimum absolute atomic E-state index is 0.247. The molecular formula is C18H20N4O3. The third-order valence-electron chi connectivity index (χ3n) is 3.62. The Labute approximate surface area is 145 Å². The van der Waals surface area contributed by atoms with Crippen LogP contribution < -0.4 is 16.0 Å². The molecule has 1 heterocycles. The van der Waals surface area contributed by atoms with Crippen molar-refractivity contribution in [3.8, 4) is 0 Å². The average Bonchev–Trinajstić information content (AvgIpc) is 3.41. The number of para-hydroxylation sites is 1. The lowest BCUT2D eigenvalue weighted by molar-refractivity contribution is 0.0527. The molecule has 0 aliphatic heterocycles. The van der Waals surface area contributed by atoms with Crippen LogP contribution in [0.2, 0.25) is 0 Å². The average molecular weight is 340 g/mol. The summed E-state index contributed by atoms with van der Waals surface area (Å²) < 4.78 is 5.06. The van der Waals surface area contributed by atoms with Gasteiger partial charge < -0.3 is 15.4 Å². The highest BCUT2D eigenvalue weighted by atomic mass is 16.5. The van der Waals surface area contributed by atoms with E-state index in [1.807, 2.05) is 6.07 Å². The Morgan fingerprint density at radius 1 is 1.20 bits per heavy atom. The minimum Gasteiger partial charge on any atom is -0.462 e. The summed E-state index contributed by atoms with van der Waals surface area (Å²) in [6, 6.07) is 10.6. The Morgan fingerprint density at radius 2 is 2.00 bits per heavy atom. The van der Waals surface area contributed by atoms with Crippen molar-refractivity contribution in [3.63, 3.8) is 0 Å². The molecule has 1 fully saturated rings. The van der Waals surface area contributed by atoms with E-state index in [-0.39, 0.29) is 12.0 Å². The molecule has 7 nitrogen and oxygen atoms in total. The van der Waals surface area contributed by atoms with Crippen molar-refractivity contribution < 1.29 is 14.3 Å². The predicted molar refractivity (Wildman–Crippen MR) is 95.1 cm³/mol. The molecule has 1 saturated carbocycles. The van der Waals surface area contributed by atoms with Gasteiger partial charge in [0.05, 0.1) is 29.7 Å². The van der Waals surface area contributed by atoms with E-state index < -0.39 is 0 Å². The molecule has 0 atom stereocenters. The van der Waals surface area contributed by atoms with Gasteiger partial charge in [-0.2, -0.15) is 0 Å². The highest BCUT2D eigenvalue weighted by Crippen LogP contribution is 2.22. The Kier molecular flexibility index (Phi) is 5.13. The molecule has 25 heavy (non-hydrogen) atoms. The molecule has 1 aromatic carbocycles. The van der Waals surface area contributed by atoms with Crippen LogP contribution in [0.25, 0.3) is 0 Å². The quantitative estimate of drug-likeness (QED) is 0.702. The first-order valence-corrected chi connectivity index (χ1v) is 8.22. The molecule has 130 valence electrons. The summed E-state index contributed by atoms with van der Waals surface area (Å²) in [6.07, 6.45) is 3.65. The number of pyridine rings is 1. The predicted octanol–water partition coefficient (Wildman–Crippen LogP) is 3.29. The Balaban J connectivity index is 1.65. The second-order valence-electron chi connectivity index (χ2n) is 5.70. The van der Waals surface area contributed by atoms with Gasteiger partial charge in [0.2, 0.25) is 0 Å². The van der Waals surface area contributed by atoms with E-state index in [0.717, 1.165) is 12.8 Å². The van der Waals surface area contributed by atoms with Crippen LogP contribution in [0.15, 0.2) is 42.6 Å². The standard InChI is InChI=1S/C18H20N4O3/c1-2-25-17(23)14-5-3-4-6-15(14)20-13-9-10-16(19-11-13)22-18(24)21-12-7-8-12/h3-6,9-12,20H,2,7-8H2,1H3,(H2,19,21,22,24). The molecule has 0 bridgehead atoms. The van der Waals surface area contributed by atoms with E-state index in [4.69, 9.17) is 4.74 Å². The normalized spacial score (nSPS) is 13.0. The number of nitrogens with one attached hydrogen (secondary N) is 3. The van der Waals surface area contributed by atoms with Crippen LogP contribution in [0.5, 0.6) is 0 Å². The number of carbonyl (C=O) groups is 2. The van der Waals surface area contributed by atoms with Crippen LogP contribution in [0, 0.1) is 0 Å². The van der Waals surface area contributed by atoms with Gasteiger partial charge in [-0.3, -0.25) is 5.32 Å². The highest BCUT2D eigenvalue weighted by molar-refractivity contribution is 5.96. The molecule has 1 aliphatic rings. The van der Waals surface area contributed by atoms with E-state index in [0.29, 0.717) is 35.4 Å². The Hall–Kier alpha value is -3.09. The van der Waals surface area contributed by atoms with E-state index in [1.165, 1.54) is 0 Å². The molecule has 3 N–H and O–H groups in total. The Bertz CT molecular complexity index is 757. The van der Waals surface area contributed by atoms with Crippen molar-refractivity contribution in [2.45, 2.75) is 25.8 Å². The van der Waals surface area contributed by atoms with Gasteiger partial charge >= 0.3 is 12.0 Å². The van der Waals surface area contributed by atoms with Crippen molar-refractivity contribution in [2.75, 3.05) is 17.2 Å². The molecule has 3 rings (SSSR count). The van der Waals surface area contributed by atoms with Gasteiger partial charge in [-0.25, -0.2) is 14.6 Å². The summed E-state index contributed by atoms with van der Waals surface area (Å²) >= 11 is 0. The van der Waals surface area contributed by atoms with Crippen LogP contribution in [0.4, 0.5) is 22.0 Å². The Morgan fingerprint density at radius 3 is 2.68 bits per heavy atom. The number of nitrogens with zero attached hydrogens (tertiary/aromatic N) is 1. The summed E-state index contributed by atoms with van der Waals surface area (Å²) in [7, 11) is 0. The van der Waals surface area contributed by atoms with Crippen LogP contribution in [-0.4, -0.2) is 29.6 Å². The third-order valence-corrected chi connectivity index (χ3v) is 3.62. The SMILES string of the molecule is CCOC(=O)c1ccccc1Nc1ccc(NC(=O)NC2CC2)nc1. The third kappa shape index (κ3) is 4.69. The minimum atomic E-state index is -0.381. The number of benzene rings is 1. The maximum atomic E-state index is 12.0. The molecule has 2 amide bonds. The number of amides is 2. The first-order valence-electron chi connectivity index (χ1n) is 8.22. The van der Waals surface area contributed by atoms with Gasteiger partial charge in [0, 0.05) is 6.04 Å². The van der Waals surface area contributed by atoms with Crippen molar-refractivity contribution in [2.24, 2.45) is 0 Å². The smallest absolute Gasteiger partial charge is 0.340 e. The number of esters is 1. The van der Waals surface area contributed by atoms with Gasteiger partial charge in [-0.05, 0) is 44.0 Å². The summed E-state index contributed by atoms with van der Waals surface area (Å²) in [6.45, 7) is 2.08. The number of carbonyl (C=O) groups excluding carboxylic acids is 2. The number of aromatic nitrogens is 1. The molecule has 0 unspecified atom stereocenters. The zero-order valence-corrected chi connectivity index (χ0v) is 13.9. The first-order chi connectivity index (χ1) is 12.2. The number of hydrogen-bond donors (Lipinski definition) is 3. The van der Waals surface area contributed by atoms with Crippen LogP contribution in [0.1, 0.15) is 30.1 Å². The molecule has 1 aromatic heterocycles. The number of urea groups is 1. The number of rotatable bonds is 6. The summed E-state index contributed by atoms with van der Waals surface area (Å²) in [5.74, 6) is 0.0796. The second-order valence-corrected chi connectivity index (χ2v) is 5.70. The van der Waals surface area contributed by atoms with Gasteiger partial charge in [-0.1, -0.05) is 12.1 Å². The fourth-order valence-corrected chi connectivity index (χ4v) is 2.24. The van der Waals surface area contributed by atoms with Crippen LogP contribution in [0.3, 0.4) is 0 Å². The van der Waals surface area contributed by atoms with Gasteiger partial charge in [0.1, 0.15) is 5.82 Å². The lowest BCUT2D eigenvalue weighted by atomic mass is 10.1. The monoisotopic (exact) mass is 340 g/mol. The molecule has 7 heteroatoms. The summed E-state index contributed by atoms with van der Waals surface area (Å²) in [5.41, 5.74) is 1.79. The van der Waals surface area contributed by atoms with Gasteiger partial charge in [-0.15, -0.1) is 0 Å². The lowest BCUT2D eigenvalue weighted by Gasteiger charge is -2.11. The van der Waals surface area contributed by atoms with Crippen molar-refractivity contribution in [1.82, 2.24) is 10.3 Å². The topological polar surface area (TPSA) is 92.4 Å². The zero-order chi connectivity index (χ0) is 17.6. The molecule has 0 radical (unpaired) electrons. The number of ether oxygens (including phenoxy) is 1. The number of anilines is 3. The van der Waals surface area contributed by atoms with E-state index >= 15 is 0 Å². The van der Waals surface area contributed by atoms with E-state index in [9.17, 15) is 9.59 Å². The highest BCUT2D eigenvalue weighted by Gasteiger charge is 2.23. The number of hydrogen-bond acceptors (Lipinski definition) is 5. The van der Waals surface area contributed by atoms with Crippen molar-refractivity contribution in [1.29, 1.82) is 0 Å². The van der Waals surface area contributed by atoms with E-state index in [1.54, 1.807) is 43.5 Å². The van der Waals surface area contributed by atoms with Crippen molar-refractivity contribution in [3.05, 3.63) is 48.2 Å². The fourth-order valence-electron chi connectivity index (χ4n) is 2.24. The van der Waals surface area contributed by atoms with Gasteiger partial charge in [0.15, 0.2) is 0 Å². The fraction of sp³-hybridized carbons (Fsp3) is 0.278. The molecule has 0 saturated heterocycles. The largest absolute Gasteiger partial charge is 0.462 e. The molecule has 0 spiro atoms. The van der Waals surface area contributed by atoms with Gasteiger partial charge in [0.25, 0.3) is 0 Å². The summed E-state index contributed by atoms with van der Waals surface area (Å²) in [5, 5.41) is 8.66. The second kappa shape index (κ2) is 7.65. The maximum Gasteiger partial charge on any atom is 0.340 e. The maximum absolute atomic E-state index is 12.0. The molecule has 1 aliphatic carbocycles. The zero-order valence-electron chi connectivity index (χ0n) is 13.9. The van der Waals surface area contributed by atoms with Crippen LogP contribution >= 0.6 is 0 Å². The molecular weight excluding hydrogens is 320 g/mol. The van der Waals surface area contributed by atoms with Crippen molar-refractivity contribution >= 4 is 29.2 Å². The first kappa shape index (κ1) is 16.8. The van der Waals surface area contributed by atoms with E-state index in [2.05, 4.69) is 20.9 Å².